The summed E-state index contributed by atoms with van der Waals surface area (Å²) in [5.74, 6) is -0.569. The molecule has 16 heavy (non-hydrogen) atoms. The van der Waals surface area contributed by atoms with Crippen molar-refractivity contribution in [3.8, 4) is 0 Å². The molecule has 0 aromatic heterocycles. The van der Waals surface area contributed by atoms with E-state index in [0.29, 0.717) is 5.02 Å². The summed E-state index contributed by atoms with van der Waals surface area (Å²) in [6.45, 7) is 1.34. The SMILES string of the molecule is CC(=N\O)/C(=N/O)C(=O)c1cccc(Cl)c1. The molecule has 6 heteroatoms. The van der Waals surface area contributed by atoms with Crippen LogP contribution in [0.3, 0.4) is 0 Å². The predicted octanol–water partition coefficient (Wildman–Crippen LogP) is 2.20. The lowest BCUT2D eigenvalue weighted by molar-refractivity contribution is 0.106. The monoisotopic (exact) mass is 240 g/mol. The van der Waals surface area contributed by atoms with Crippen molar-refractivity contribution in [2.75, 3.05) is 0 Å². The van der Waals surface area contributed by atoms with Gasteiger partial charge in [0.2, 0.25) is 5.78 Å². The largest absolute Gasteiger partial charge is 0.411 e. The van der Waals surface area contributed by atoms with E-state index in [1.165, 1.54) is 19.1 Å². The van der Waals surface area contributed by atoms with E-state index in [4.69, 9.17) is 22.0 Å². The second-order valence-corrected chi connectivity index (χ2v) is 3.41. The van der Waals surface area contributed by atoms with E-state index in [0.717, 1.165) is 0 Å². The van der Waals surface area contributed by atoms with Crippen LogP contribution in [0.15, 0.2) is 34.6 Å². The minimum Gasteiger partial charge on any atom is -0.411 e. The summed E-state index contributed by atoms with van der Waals surface area (Å²) in [6, 6.07) is 6.15. The summed E-state index contributed by atoms with van der Waals surface area (Å²) in [7, 11) is 0. The van der Waals surface area contributed by atoms with E-state index in [1.807, 2.05) is 0 Å². The van der Waals surface area contributed by atoms with Crippen molar-refractivity contribution in [1.29, 1.82) is 0 Å². The van der Waals surface area contributed by atoms with E-state index in [9.17, 15) is 4.79 Å². The van der Waals surface area contributed by atoms with Crippen molar-refractivity contribution in [2.24, 2.45) is 10.3 Å². The molecule has 0 spiro atoms. The number of hydrogen-bond acceptors (Lipinski definition) is 5. The molecule has 0 fully saturated rings. The summed E-state index contributed by atoms with van der Waals surface area (Å²) in [6.07, 6.45) is 0. The van der Waals surface area contributed by atoms with Gasteiger partial charge in [-0.2, -0.15) is 0 Å². The smallest absolute Gasteiger partial charge is 0.216 e. The second kappa shape index (κ2) is 5.27. The lowest BCUT2D eigenvalue weighted by Crippen LogP contribution is -2.22. The van der Waals surface area contributed by atoms with Gasteiger partial charge < -0.3 is 10.4 Å². The van der Waals surface area contributed by atoms with Gasteiger partial charge in [-0.15, -0.1) is 0 Å². The molecule has 0 radical (unpaired) electrons. The Labute approximate surface area is 96.6 Å². The van der Waals surface area contributed by atoms with Crippen LogP contribution in [-0.2, 0) is 0 Å². The van der Waals surface area contributed by atoms with Gasteiger partial charge in [-0.1, -0.05) is 34.0 Å². The maximum Gasteiger partial charge on any atom is 0.216 e. The van der Waals surface area contributed by atoms with Crippen molar-refractivity contribution in [3.63, 3.8) is 0 Å². The molecule has 0 heterocycles. The summed E-state index contributed by atoms with van der Waals surface area (Å²) in [5.41, 5.74) is -0.152. The van der Waals surface area contributed by atoms with Crippen LogP contribution in [-0.4, -0.2) is 27.6 Å². The number of rotatable bonds is 3. The van der Waals surface area contributed by atoms with Crippen LogP contribution in [0.1, 0.15) is 17.3 Å². The van der Waals surface area contributed by atoms with Crippen molar-refractivity contribution >= 4 is 28.8 Å². The van der Waals surface area contributed by atoms with Gasteiger partial charge in [0.1, 0.15) is 5.71 Å². The highest BCUT2D eigenvalue weighted by molar-refractivity contribution is 6.69. The molecule has 0 aliphatic rings. The number of benzene rings is 1. The fourth-order valence-corrected chi connectivity index (χ4v) is 1.29. The lowest BCUT2D eigenvalue weighted by atomic mass is 10.0. The lowest BCUT2D eigenvalue weighted by Gasteiger charge is -2.02. The van der Waals surface area contributed by atoms with Gasteiger partial charge in [0, 0.05) is 10.6 Å². The molecule has 0 saturated carbocycles. The summed E-state index contributed by atoms with van der Waals surface area (Å²) >= 11 is 5.72. The van der Waals surface area contributed by atoms with Gasteiger partial charge in [-0.3, -0.25) is 4.79 Å². The zero-order chi connectivity index (χ0) is 12.1. The number of hydrogen-bond donors (Lipinski definition) is 2. The van der Waals surface area contributed by atoms with Gasteiger partial charge in [-0.25, -0.2) is 0 Å². The average Bonchev–Trinajstić information content (AvgIpc) is 2.29. The standard InChI is InChI=1S/C10H9ClN2O3/c1-6(12-15)9(13-16)10(14)7-3-2-4-8(11)5-7/h2-5,15-16H,1H3/b12-6+,13-9-. The number of oxime groups is 2. The molecule has 5 nitrogen and oxygen atoms in total. The zero-order valence-electron chi connectivity index (χ0n) is 8.38. The number of carbonyl (C=O) groups is 1. The minimum absolute atomic E-state index is 0.0764. The van der Waals surface area contributed by atoms with E-state index in [-0.39, 0.29) is 17.0 Å². The quantitative estimate of drug-likeness (QED) is 0.368. The number of ketones is 1. The molecule has 84 valence electrons. The molecule has 1 rings (SSSR count). The maximum atomic E-state index is 11.8. The molecule has 0 unspecified atom stereocenters. The van der Waals surface area contributed by atoms with Crippen LogP contribution >= 0.6 is 11.6 Å². The summed E-state index contributed by atoms with van der Waals surface area (Å²) < 4.78 is 0. The topological polar surface area (TPSA) is 82.2 Å². The molecule has 0 amide bonds. The average molecular weight is 241 g/mol. The summed E-state index contributed by atoms with van der Waals surface area (Å²) in [5, 5.41) is 23.2. The Kier molecular flexibility index (Phi) is 4.02. The third-order valence-electron chi connectivity index (χ3n) is 1.89. The first-order chi connectivity index (χ1) is 7.60. The number of Topliss-reactive ketones (excluding diaryl/α,β-unsaturated/α-hetero) is 1. The van der Waals surface area contributed by atoms with Crippen LogP contribution in [0.4, 0.5) is 0 Å². The second-order valence-electron chi connectivity index (χ2n) is 2.97. The van der Waals surface area contributed by atoms with Gasteiger partial charge in [0.25, 0.3) is 0 Å². The van der Waals surface area contributed by atoms with E-state index >= 15 is 0 Å². The van der Waals surface area contributed by atoms with Crippen molar-refractivity contribution in [2.45, 2.75) is 6.92 Å². The van der Waals surface area contributed by atoms with E-state index in [1.54, 1.807) is 12.1 Å². The molecular weight excluding hydrogens is 232 g/mol. The number of halogens is 1. The third-order valence-corrected chi connectivity index (χ3v) is 2.13. The molecule has 0 bridgehead atoms. The summed E-state index contributed by atoms with van der Waals surface area (Å²) in [4.78, 5) is 11.8. The fourth-order valence-electron chi connectivity index (χ4n) is 1.10. The first-order valence-electron chi connectivity index (χ1n) is 4.31. The van der Waals surface area contributed by atoms with Crippen molar-refractivity contribution < 1.29 is 15.2 Å². The molecule has 2 N–H and O–H groups in total. The van der Waals surface area contributed by atoms with Crippen LogP contribution in [0.5, 0.6) is 0 Å². The molecule has 0 saturated heterocycles. The highest BCUT2D eigenvalue weighted by Crippen LogP contribution is 2.12. The van der Waals surface area contributed by atoms with Crippen molar-refractivity contribution in [1.82, 2.24) is 0 Å². The van der Waals surface area contributed by atoms with Crippen LogP contribution < -0.4 is 0 Å². The predicted molar refractivity (Wildman–Crippen MR) is 59.9 cm³/mol. The normalized spacial score (nSPS) is 12.6. The Morgan fingerprint density at radius 2 is 2.00 bits per heavy atom. The maximum absolute atomic E-state index is 11.8. The molecule has 0 atom stereocenters. The Bertz CT molecular complexity index is 469. The first-order valence-corrected chi connectivity index (χ1v) is 4.69. The highest BCUT2D eigenvalue weighted by atomic mass is 35.5. The van der Waals surface area contributed by atoms with E-state index in [2.05, 4.69) is 10.3 Å². The van der Waals surface area contributed by atoms with Gasteiger partial charge in [0.15, 0.2) is 5.71 Å². The minimum atomic E-state index is -0.569. The fraction of sp³-hybridized carbons (Fsp3) is 0.100. The molecule has 1 aromatic rings. The zero-order valence-corrected chi connectivity index (χ0v) is 9.14. The first kappa shape index (κ1) is 12.2. The Balaban J connectivity index is 3.11. The Morgan fingerprint density at radius 3 is 2.50 bits per heavy atom. The van der Waals surface area contributed by atoms with Gasteiger partial charge in [-0.05, 0) is 19.1 Å². The highest BCUT2D eigenvalue weighted by Gasteiger charge is 2.18. The molecular formula is C10H9ClN2O3. The van der Waals surface area contributed by atoms with Crippen molar-refractivity contribution in [3.05, 3.63) is 34.9 Å². The van der Waals surface area contributed by atoms with Gasteiger partial charge in [0.05, 0.1) is 0 Å². The molecule has 0 aliphatic heterocycles. The number of carbonyl (C=O) groups excluding carboxylic acids is 1. The van der Waals surface area contributed by atoms with Crippen LogP contribution in [0, 0.1) is 0 Å². The third kappa shape index (κ3) is 2.58. The van der Waals surface area contributed by atoms with Gasteiger partial charge >= 0.3 is 0 Å². The van der Waals surface area contributed by atoms with Crippen LogP contribution in [0.2, 0.25) is 5.02 Å². The van der Waals surface area contributed by atoms with E-state index < -0.39 is 5.78 Å². The Hall–Kier alpha value is -1.88. The van der Waals surface area contributed by atoms with Crippen LogP contribution in [0.25, 0.3) is 0 Å². The Morgan fingerprint density at radius 1 is 1.31 bits per heavy atom. The molecule has 0 aliphatic carbocycles. The number of nitrogens with zero attached hydrogens (tertiary/aromatic N) is 2. The molecule has 1 aromatic carbocycles.